The number of hydrogen-bond acceptors (Lipinski definition) is 1. The first kappa shape index (κ1) is 10.5. The molecule has 2 amide bonds. The maximum absolute atomic E-state index is 12.9. The topological polar surface area (TPSA) is 41.1 Å². The molecule has 0 aliphatic carbocycles. The van der Waals surface area contributed by atoms with E-state index < -0.39 is 0 Å². The fraction of sp³-hybridized carbons (Fsp3) is 0.300. The van der Waals surface area contributed by atoms with Crippen molar-refractivity contribution in [2.75, 3.05) is 12.4 Å². The molecule has 0 radical (unpaired) electrons. The lowest BCUT2D eigenvalue weighted by Gasteiger charge is -2.11. The van der Waals surface area contributed by atoms with Crippen molar-refractivity contribution < 1.29 is 9.18 Å². The van der Waals surface area contributed by atoms with Crippen LogP contribution in [-0.4, -0.2) is 13.1 Å². The molecule has 0 saturated carbocycles. The summed E-state index contributed by atoms with van der Waals surface area (Å²) in [5.41, 5.74) is 2.09. The fourth-order valence-corrected chi connectivity index (χ4v) is 1.28. The van der Waals surface area contributed by atoms with E-state index in [1.807, 2.05) is 0 Å². The van der Waals surface area contributed by atoms with Crippen LogP contribution in [0.2, 0.25) is 0 Å². The van der Waals surface area contributed by atoms with E-state index in [0.29, 0.717) is 16.8 Å². The molecule has 1 aromatic rings. The quantitative estimate of drug-likeness (QED) is 0.710. The number of carbonyl (C=O) groups is 1. The lowest BCUT2D eigenvalue weighted by atomic mass is 10.1. The van der Waals surface area contributed by atoms with Crippen LogP contribution in [0.4, 0.5) is 14.9 Å². The molecule has 0 unspecified atom stereocenters. The summed E-state index contributed by atoms with van der Waals surface area (Å²) in [6.45, 7) is 3.50. The molecular formula is C10H13FN2O. The average Bonchev–Trinajstić information content (AvgIpc) is 2.10. The van der Waals surface area contributed by atoms with Crippen LogP contribution in [0.25, 0.3) is 0 Å². The van der Waals surface area contributed by atoms with Gasteiger partial charge in [0, 0.05) is 12.7 Å². The average molecular weight is 196 g/mol. The predicted octanol–water partition coefficient (Wildman–Crippen LogP) is 2.19. The van der Waals surface area contributed by atoms with Gasteiger partial charge in [-0.25, -0.2) is 9.18 Å². The summed E-state index contributed by atoms with van der Waals surface area (Å²) in [5, 5.41) is 5.08. The molecule has 0 aliphatic heterocycles. The standard InChI is InChI=1S/C10H13FN2O/c1-6-4-8(11)5-7(2)9(6)13-10(14)12-3/h4-5H,1-3H3,(H2,12,13,14). The van der Waals surface area contributed by atoms with Gasteiger partial charge >= 0.3 is 6.03 Å². The summed E-state index contributed by atoms with van der Waals surface area (Å²) >= 11 is 0. The highest BCUT2D eigenvalue weighted by Crippen LogP contribution is 2.21. The van der Waals surface area contributed by atoms with Crippen LogP contribution >= 0.6 is 0 Å². The number of amides is 2. The molecule has 0 bridgehead atoms. The Balaban J connectivity index is 3.02. The fourth-order valence-electron chi connectivity index (χ4n) is 1.28. The molecule has 3 nitrogen and oxygen atoms in total. The van der Waals surface area contributed by atoms with E-state index in [1.165, 1.54) is 19.2 Å². The second-order valence-electron chi connectivity index (χ2n) is 3.12. The molecule has 0 saturated heterocycles. The third-order valence-corrected chi connectivity index (χ3v) is 1.96. The maximum atomic E-state index is 12.9. The molecule has 1 rings (SSSR count). The summed E-state index contributed by atoms with van der Waals surface area (Å²) in [4.78, 5) is 11.1. The minimum Gasteiger partial charge on any atom is -0.341 e. The van der Waals surface area contributed by atoms with Crippen LogP contribution in [0, 0.1) is 19.7 Å². The van der Waals surface area contributed by atoms with Crippen molar-refractivity contribution >= 4 is 11.7 Å². The number of anilines is 1. The second-order valence-corrected chi connectivity index (χ2v) is 3.12. The molecule has 76 valence electrons. The Kier molecular flexibility index (Phi) is 3.06. The normalized spacial score (nSPS) is 9.71. The van der Waals surface area contributed by atoms with Crippen molar-refractivity contribution in [3.05, 3.63) is 29.1 Å². The number of hydrogen-bond donors (Lipinski definition) is 2. The zero-order valence-electron chi connectivity index (χ0n) is 8.44. The Morgan fingerprint density at radius 1 is 1.29 bits per heavy atom. The second kappa shape index (κ2) is 4.09. The summed E-state index contributed by atoms with van der Waals surface area (Å²) in [6, 6.07) is 2.47. The summed E-state index contributed by atoms with van der Waals surface area (Å²) in [7, 11) is 1.53. The van der Waals surface area contributed by atoms with Crippen molar-refractivity contribution in [2.45, 2.75) is 13.8 Å². The van der Waals surface area contributed by atoms with Crippen LogP contribution in [0.5, 0.6) is 0 Å². The van der Waals surface area contributed by atoms with E-state index in [-0.39, 0.29) is 11.8 Å². The summed E-state index contributed by atoms with van der Waals surface area (Å²) in [5.74, 6) is -0.289. The predicted molar refractivity (Wildman–Crippen MR) is 54.0 cm³/mol. The van der Waals surface area contributed by atoms with Crippen LogP contribution in [0.15, 0.2) is 12.1 Å². The third-order valence-electron chi connectivity index (χ3n) is 1.96. The van der Waals surface area contributed by atoms with Crippen molar-refractivity contribution in [1.82, 2.24) is 5.32 Å². The molecule has 0 aromatic heterocycles. The number of urea groups is 1. The molecule has 0 fully saturated rings. The van der Waals surface area contributed by atoms with Gasteiger partial charge in [0.2, 0.25) is 0 Å². The zero-order chi connectivity index (χ0) is 10.7. The molecular weight excluding hydrogens is 183 g/mol. The number of benzene rings is 1. The molecule has 0 spiro atoms. The van der Waals surface area contributed by atoms with E-state index in [2.05, 4.69) is 10.6 Å². The van der Waals surface area contributed by atoms with Crippen LogP contribution in [0.1, 0.15) is 11.1 Å². The number of carbonyl (C=O) groups excluding carboxylic acids is 1. The Hall–Kier alpha value is -1.58. The van der Waals surface area contributed by atoms with Gasteiger partial charge in [-0.05, 0) is 37.1 Å². The third kappa shape index (κ3) is 2.22. The van der Waals surface area contributed by atoms with Crippen LogP contribution in [0.3, 0.4) is 0 Å². The van der Waals surface area contributed by atoms with Crippen molar-refractivity contribution in [1.29, 1.82) is 0 Å². The minimum absolute atomic E-state index is 0.289. The summed E-state index contributed by atoms with van der Waals surface area (Å²) in [6.07, 6.45) is 0. The number of aryl methyl sites for hydroxylation is 2. The largest absolute Gasteiger partial charge is 0.341 e. The molecule has 4 heteroatoms. The van der Waals surface area contributed by atoms with Gasteiger partial charge < -0.3 is 10.6 Å². The van der Waals surface area contributed by atoms with Gasteiger partial charge in [-0.1, -0.05) is 0 Å². The Bertz CT molecular complexity index is 340. The van der Waals surface area contributed by atoms with Gasteiger partial charge in [-0.15, -0.1) is 0 Å². The van der Waals surface area contributed by atoms with Gasteiger partial charge in [0.25, 0.3) is 0 Å². The highest BCUT2D eigenvalue weighted by molar-refractivity contribution is 5.90. The lowest BCUT2D eigenvalue weighted by molar-refractivity contribution is 0.254. The highest BCUT2D eigenvalue weighted by Gasteiger charge is 2.07. The van der Waals surface area contributed by atoms with Crippen LogP contribution < -0.4 is 10.6 Å². The molecule has 14 heavy (non-hydrogen) atoms. The molecule has 2 N–H and O–H groups in total. The van der Waals surface area contributed by atoms with Gasteiger partial charge in [-0.2, -0.15) is 0 Å². The number of rotatable bonds is 1. The van der Waals surface area contributed by atoms with Crippen molar-refractivity contribution in [3.63, 3.8) is 0 Å². The zero-order valence-corrected chi connectivity index (χ0v) is 8.44. The lowest BCUT2D eigenvalue weighted by Crippen LogP contribution is -2.25. The van der Waals surface area contributed by atoms with E-state index in [4.69, 9.17) is 0 Å². The number of halogens is 1. The number of nitrogens with one attached hydrogen (secondary N) is 2. The van der Waals surface area contributed by atoms with Crippen molar-refractivity contribution in [2.24, 2.45) is 0 Å². The van der Waals surface area contributed by atoms with E-state index in [0.717, 1.165) is 0 Å². The molecule has 0 atom stereocenters. The molecule has 0 heterocycles. The first-order valence-electron chi connectivity index (χ1n) is 4.30. The van der Waals surface area contributed by atoms with E-state index in [9.17, 15) is 9.18 Å². The van der Waals surface area contributed by atoms with Gasteiger partial charge in [-0.3, -0.25) is 0 Å². The summed E-state index contributed by atoms with van der Waals surface area (Å²) < 4.78 is 12.9. The van der Waals surface area contributed by atoms with Gasteiger partial charge in [0.15, 0.2) is 0 Å². The SMILES string of the molecule is CNC(=O)Nc1c(C)cc(F)cc1C. The Morgan fingerprint density at radius 3 is 2.21 bits per heavy atom. The monoisotopic (exact) mass is 196 g/mol. The van der Waals surface area contributed by atoms with Crippen LogP contribution in [-0.2, 0) is 0 Å². The first-order chi connectivity index (χ1) is 6.54. The smallest absolute Gasteiger partial charge is 0.318 e. The van der Waals surface area contributed by atoms with Gasteiger partial charge in [0.1, 0.15) is 5.82 Å². The van der Waals surface area contributed by atoms with Gasteiger partial charge in [0.05, 0.1) is 0 Å². The molecule has 1 aromatic carbocycles. The van der Waals surface area contributed by atoms with E-state index >= 15 is 0 Å². The first-order valence-corrected chi connectivity index (χ1v) is 4.30. The minimum atomic E-state index is -0.303. The molecule has 0 aliphatic rings. The Morgan fingerprint density at radius 2 is 1.79 bits per heavy atom. The van der Waals surface area contributed by atoms with E-state index in [1.54, 1.807) is 13.8 Å². The van der Waals surface area contributed by atoms with Crippen molar-refractivity contribution in [3.8, 4) is 0 Å². The maximum Gasteiger partial charge on any atom is 0.318 e. The highest BCUT2D eigenvalue weighted by atomic mass is 19.1. The Labute approximate surface area is 82.3 Å².